The number of benzene rings is 1. The molecule has 0 radical (unpaired) electrons. The van der Waals surface area contributed by atoms with Crippen molar-refractivity contribution in [2.45, 2.75) is 121 Å². The van der Waals surface area contributed by atoms with Crippen molar-refractivity contribution < 1.29 is 19.1 Å². The molecule has 1 spiro atoms. The molecule has 3 fully saturated rings. The molecule has 6 heteroatoms. The van der Waals surface area contributed by atoms with Crippen molar-refractivity contribution in [3.05, 3.63) is 23.3 Å². The first kappa shape index (κ1) is 27.1. The fraction of sp³-hybridized carbons (Fsp3) is 0.758. The smallest absolute Gasteiger partial charge is 0.222 e. The minimum absolute atomic E-state index is 0.0466. The van der Waals surface area contributed by atoms with Crippen LogP contribution in [0.4, 0.5) is 0 Å². The number of hydrogen-bond donors (Lipinski definition) is 0. The van der Waals surface area contributed by atoms with E-state index in [1.54, 1.807) is 14.0 Å². The Morgan fingerprint density at radius 1 is 1.13 bits per heavy atom. The third-order valence-corrected chi connectivity index (χ3v) is 11.1. The molecule has 5 atom stereocenters. The van der Waals surface area contributed by atoms with Crippen molar-refractivity contribution in [2.24, 2.45) is 11.8 Å². The quantitative estimate of drug-likeness (QED) is 0.360. The maximum Gasteiger partial charge on any atom is 0.222 e. The fourth-order valence-corrected chi connectivity index (χ4v) is 9.47. The van der Waals surface area contributed by atoms with Crippen LogP contribution < -0.4 is 9.47 Å². The van der Waals surface area contributed by atoms with E-state index in [4.69, 9.17) is 9.47 Å². The summed E-state index contributed by atoms with van der Waals surface area (Å²) in [6.45, 7) is 6.02. The molecule has 1 saturated heterocycles. The van der Waals surface area contributed by atoms with Gasteiger partial charge in [-0.05, 0) is 76.0 Å². The molecule has 0 N–H and O–H groups in total. The van der Waals surface area contributed by atoms with E-state index in [1.807, 2.05) is 0 Å². The second-order valence-corrected chi connectivity index (χ2v) is 13.1. The van der Waals surface area contributed by atoms with E-state index >= 15 is 0 Å². The number of piperidine rings is 1. The van der Waals surface area contributed by atoms with Crippen LogP contribution >= 0.6 is 0 Å². The summed E-state index contributed by atoms with van der Waals surface area (Å²) in [4.78, 5) is 30.5. The van der Waals surface area contributed by atoms with Crippen molar-refractivity contribution in [3.8, 4) is 11.5 Å². The van der Waals surface area contributed by atoms with Crippen LogP contribution in [0.5, 0.6) is 11.5 Å². The lowest BCUT2D eigenvalue weighted by atomic mass is 9.51. The molecule has 0 unspecified atom stereocenters. The van der Waals surface area contributed by atoms with Gasteiger partial charge in [0.25, 0.3) is 0 Å². The molecule has 2 aliphatic heterocycles. The lowest BCUT2D eigenvalue weighted by Crippen LogP contribution is -2.69. The van der Waals surface area contributed by atoms with Gasteiger partial charge in [0.2, 0.25) is 5.91 Å². The second kappa shape index (κ2) is 11.1. The number of amides is 1. The zero-order valence-electron chi connectivity index (χ0n) is 24.4. The molecule has 3 aliphatic carbocycles. The lowest BCUT2D eigenvalue weighted by molar-refractivity contribution is -0.143. The number of hydrogen-bond acceptors (Lipinski definition) is 5. The molecule has 2 saturated carbocycles. The zero-order valence-corrected chi connectivity index (χ0v) is 24.4. The Bertz CT molecular complexity index is 1080. The minimum Gasteiger partial charge on any atom is -0.493 e. The van der Waals surface area contributed by atoms with Crippen molar-refractivity contribution in [1.29, 1.82) is 0 Å². The normalized spacial score (nSPS) is 31.4. The summed E-state index contributed by atoms with van der Waals surface area (Å²) in [6, 6.07) is 4.72. The van der Waals surface area contributed by atoms with Gasteiger partial charge in [-0.1, -0.05) is 51.0 Å². The Hall–Kier alpha value is -2.08. The van der Waals surface area contributed by atoms with Gasteiger partial charge in [-0.15, -0.1) is 0 Å². The number of likely N-dealkylation sites (tertiary alicyclic amines) is 1. The summed E-state index contributed by atoms with van der Waals surface area (Å²) in [5.41, 5.74) is 2.60. The first-order chi connectivity index (χ1) is 19.0. The molecule has 39 heavy (non-hydrogen) atoms. The molecule has 1 aromatic rings. The molecule has 6 nitrogen and oxygen atoms in total. The van der Waals surface area contributed by atoms with Crippen LogP contribution in [0.2, 0.25) is 0 Å². The Morgan fingerprint density at radius 3 is 2.69 bits per heavy atom. The number of carbonyl (C=O) groups is 2. The predicted molar refractivity (Wildman–Crippen MR) is 152 cm³/mol. The summed E-state index contributed by atoms with van der Waals surface area (Å²) in [5.74, 6) is 3.61. The van der Waals surface area contributed by atoms with Crippen LogP contribution in [0, 0.1) is 11.8 Å². The monoisotopic (exact) mass is 536 g/mol. The Kier molecular flexibility index (Phi) is 7.69. The van der Waals surface area contributed by atoms with Gasteiger partial charge in [0, 0.05) is 30.0 Å². The minimum atomic E-state index is -0.104. The number of ketones is 1. The molecule has 1 aromatic carbocycles. The summed E-state index contributed by atoms with van der Waals surface area (Å²) in [6.07, 6.45) is 15.0. The number of carbonyl (C=O) groups excluding carboxylic acids is 2. The predicted octanol–water partition coefficient (Wildman–Crippen LogP) is 5.68. The highest BCUT2D eigenvalue weighted by atomic mass is 16.5. The van der Waals surface area contributed by atoms with Crippen molar-refractivity contribution in [2.75, 3.05) is 26.7 Å². The van der Waals surface area contributed by atoms with E-state index in [9.17, 15) is 9.59 Å². The van der Waals surface area contributed by atoms with Gasteiger partial charge in [0.1, 0.15) is 11.9 Å². The van der Waals surface area contributed by atoms with E-state index in [2.05, 4.69) is 28.9 Å². The number of nitrogens with zero attached hydrogens (tertiary/aromatic N) is 2. The molecular formula is C33H48N2O4. The fourth-order valence-electron chi connectivity index (χ4n) is 9.47. The molecular weight excluding hydrogens is 488 g/mol. The highest BCUT2D eigenvalue weighted by molar-refractivity contribution is 5.78. The SMILES string of the molecule is CCN(C(=O)CCCCC1CCCCC1)[C@H]1CC[C@H]2[C@H]3Cc4ccc(OC)c5c4[C@@]2(CCN3CC(C)=O)[C@H]1O5. The van der Waals surface area contributed by atoms with E-state index in [1.165, 1.54) is 56.1 Å². The molecule has 5 aliphatic rings. The van der Waals surface area contributed by atoms with Crippen molar-refractivity contribution in [3.63, 3.8) is 0 Å². The van der Waals surface area contributed by atoms with Crippen molar-refractivity contribution in [1.82, 2.24) is 9.80 Å². The third kappa shape index (κ3) is 4.59. The zero-order chi connectivity index (χ0) is 27.1. The Morgan fingerprint density at radius 2 is 1.95 bits per heavy atom. The van der Waals surface area contributed by atoms with Crippen LogP contribution in [0.25, 0.3) is 0 Å². The van der Waals surface area contributed by atoms with Crippen molar-refractivity contribution >= 4 is 11.7 Å². The van der Waals surface area contributed by atoms with Crippen LogP contribution in [-0.2, 0) is 21.4 Å². The number of Topliss-reactive ketones (excluding diaryl/α,β-unsaturated/α-hetero) is 1. The summed E-state index contributed by atoms with van der Waals surface area (Å²) in [5, 5.41) is 0. The highest BCUT2D eigenvalue weighted by Gasteiger charge is 2.66. The summed E-state index contributed by atoms with van der Waals surface area (Å²) >= 11 is 0. The first-order valence-corrected chi connectivity index (χ1v) is 15.9. The number of likely N-dealkylation sites (N-methyl/N-ethyl adjacent to an activating group) is 1. The summed E-state index contributed by atoms with van der Waals surface area (Å²) in [7, 11) is 1.73. The Labute approximate surface area is 234 Å². The molecule has 2 bridgehead atoms. The molecule has 2 heterocycles. The number of rotatable bonds is 10. The van der Waals surface area contributed by atoms with E-state index in [0.29, 0.717) is 30.8 Å². The van der Waals surface area contributed by atoms with Gasteiger partial charge in [-0.3, -0.25) is 14.5 Å². The van der Waals surface area contributed by atoms with E-state index in [-0.39, 0.29) is 23.3 Å². The standard InChI is InChI=1S/C33H48N2O4/c1-4-35(29(37)13-9-8-12-23-10-6-5-7-11-23)26-16-15-25-27-20-24-14-17-28(38-3)31-30(24)33(25,32(26)39-31)18-19-34(27)21-22(2)36/h14,17,23,25-27,32H,4-13,15-16,18-21H2,1-3H3/t25-,26-,27+,32-,33-/m0/s1. The molecule has 0 aromatic heterocycles. The van der Waals surface area contributed by atoms with Gasteiger partial charge in [-0.2, -0.15) is 0 Å². The Balaban J connectivity index is 1.24. The maximum atomic E-state index is 13.7. The van der Waals surface area contributed by atoms with Gasteiger partial charge < -0.3 is 14.4 Å². The maximum absolute atomic E-state index is 13.7. The average Bonchev–Trinajstić information content (AvgIpc) is 3.29. The van der Waals surface area contributed by atoms with Crippen LogP contribution in [0.15, 0.2) is 12.1 Å². The highest BCUT2D eigenvalue weighted by Crippen LogP contribution is 2.64. The average molecular weight is 537 g/mol. The van der Waals surface area contributed by atoms with Gasteiger partial charge in [0.05, 0.1) is 19.7 Å². The molecule has 214 valence electrons. The van der Waals surface area contributed by atoms with Crippen LogP contribution in [0.1, 0.15) is 102 Å². The van der Waals surface area contributed by atoms with Crippen LogP contribution in [-0.4, -0.2) is 66.4 Å². The summed E-state index contributed by atoms with van der Waals surface area (Å²) < 4.78 is 12.8. The lowest BCUT2D eigenvalue weighted by Gasteiger charge is -2.60. The van der Waals surface area contributed by atoms with Gasteiger partial charge in [-0.25, -0.2) is 0 Å². The second-order valence-electron chi connectivity index (χ2n) is 13.1. The molecule has 6 rings (SSSR count). The number of methoxy groups -OCH3 is 1. The largest absolute Gasteiger partial charge is 0.493 e. The van der Waals surface area contributed by atoms with E-state index < -0.39 is 0 Å². The van der Waals surface area contributed by atoms with E-state index in [0.717, 1.165) is 62.6 Å². The third-order valence-electron chi connectivity index (χ3n) is 11.1. The van der Waals surface area contributed by atoms with Gasteiger partial charge in [0.15, 0.2) is 11.5 Å². The topological polar surface area (TPSA) is 59.1 Å². The van der Waals surface area contributed by atoms with Gasteiger partial charge >= 0.3 is 0 Å². The molecule has 1 amide bonds. The number of ether oxygens (including phenoxy) is 2. The first-order valence-electron chi connectivity index (χ1n) is 15.9. The van der Waals surface area contributed by atoms with Crippen LogP contribution in [0.3, 0.4) is 0 Å². The number of unbranched alkanes of at least 4 members (excludes halogenated alkanes) is 1.